The number of ether oxygens (including phenoxy) is 2. The topological polar surface area (TPSA) is 76.2 Å². The monoisotopic (exact) mass is 341 g/mol. The number of fused-ring (bicyclic) bond motifs is 2. The van der Waals surface area contributed by atoms with Crippen molar-refractivity contribution in [2.45, 2.75) is 0 Å². The fourth-order valence-electron chi connectivity index (χ4n) is 2.43. The standard InChI is InChI=1S/C17H12ClN3O3/c18-11-7-10(8-14-16(11)24-9-23-14)5-6-15(22)21-17-19-12-3-1-2-4-13(12)20-17/h1-8H,9H2,(H2,19,20,21,22)/b6-5+. The minimum absolute atomic E-state index is 0.148. The van der Waals surface area contributed by atoms with Gasteiger partial charge in [-0.15, -0.1) is 0 Å². The summed E-state index contributed by atoms with van der Waals surface area (Å²) in [5, 5.41) is 3.13. The minimum Gasteiger partial charge on any atom is -0.454 e. The van der Waals surface area contributed by atoms with Crippen LogP contribution in [-0.4, -0.2) is 22.7 Å². The number of aromatic nitrogens is 2. The highest BCUT2D eigenvalue weighted by molar-refractivity contribution is 6.32. The molecular formula is C17H12ClN3O3. The number of hydrogen-bond acceptors (Lipinski definition) is 4. The van der Waals surface area contributed by atoms with Crippen LogP contribution in [0.4, 0.5) is 5.95 Å². The van der Waals surface area contributed by atoms with Crippen LogP contribution in [0.1, 0.15) is 5.56 Å². The number of para-hydroxylation sites is 2. The zero-order valence-corrected chi connectivity index (χ0v) is 13.1. The molecule has 0 unspecified atom stereocenters. The van der Waals surface area contributed by atoms with Gasteiger partial charge in [0.15, 0.2) is 11.5 Å². The van der Waals surface area contributed by atoms with Crippen molar-refractivity contribution in [2.75, 3.05) is 12.1 Å². The number of amides is 1. The van der Waals surface area contributed by atoms with Crippen LogP contribution in [0.3, 0.4) is 0 Å². The van der Waals surface area contributed by atoms with Gasteiger partial charge in [0, 0.05) is 6.08 Å². The maximum absolute atomic E-state index is 12.0. The summed E-state index contributed by atoms with van der Waals surface area (Å²) in [6.07, 6.45) is 3.05. The lowest BCUT2D eigenvalue weighted by molar-refractivity contribution is -0.111. The Kier molecular flexibility index (Phi) is 3.59. The number of imidazole rings is 1. The van der Waals surface area contributed by atoms with Crippen molar-refractivity contribution in [2.24, 2.45) is 0 Å². The van der Waals surface area contributed by atoms with Crippen molar-refractivity contribution in [3.63, 3.8) is 0 Å². The number of aromatic amines is 1. The number of carbonyl (C=O) groups is 1. The number of carbonyl (C=O) groups excluding carboxylic acids is 1. The molecule has 1 aliphatic heterocycles. The van der Waals surface area contributed by atoms with Crippen molar-refractivity contribution >= 4 is 40.6 Å². The third-order valence-electron chi connectivity index (χ3n) is 3.51. The van der Waals surface area contributed by atoms with Crippen LogP contribution in [0.25, 0.3) is 17.1 Å². The summed E-state index contributed by atoms with van der Waals surface area (Å²) >= 11 is 6.11. The third-order valence-corrected chi connectivity index (χ3v) is 3.79. The highest BCUT2D eigenvalue weighted by Crippen LogP contribution is 2.40. The van der Waals surface area contributed by atoms with Crippen molar-refractivity contribution in [1.29, 1.82) is 0 Å². The highest BCUT2D eigenvalue weighted by Gasteiger charge is 2.17. The molecular weight excluding hydrogens is 330 g/mol. The molecule has 0 radical (unpaired) electrons. The predicted molar refractivity (Wildman–Crippen MR) is 91.3 cm³/mol. The number of benzene rings is 2. The van der Waals surface area contributed by atoms with Gasteiger partial charge in [-0.25, -0.2) is 4.98 Å². The van der Waals surface area contributed by atoms with Crippen LogP contribution < -0.4 is 14.8 Å². The predicted octanol–water partition coefficient (Wildman–Crippen LogP) is 3.60. The number of hydrogen-bond donors (Lipinski definition) is 2. The number of nitrogens with one attached hydrogen (secondary N) is 2. The molecule has 0 spiro atoms. The minimum atomic E-state index is -0.303. The Morgan fingerprint density at radius 2 is 2.17 bits per heavy atom. The molecule has 0 aliphatic carbocycles. The van der Waals surface area contributed by atoms with Crippen LogP contribution in [0.2, 0.25) is 5.02 Å². The molecule has 3 aromatic rings. The average molecular weight is 342 g/mol. The van der Waals surface area contributed by atoms with Gasteiger partial charge in [0.05, 0.1) is 16.1 Å². The van der Waals surface area contributed by atoms with Gasteiger partial charge < -0.3 is 14.5 Å². The second-order valence-corrected chi connectivity index (χ2v) is 5.57. The normalized spacial score (nSPS) is 12.9. The third kappa shape index (κ3) is 2.79. The molecule has 0 atom stereocenters. The largest absolute Gasteiger partial charge is 0.454 e. The summed E-state index contributed by atoms with van der Waals surface area (Å²) in [4.78, 5) is 19.4. The van der Waals surface area contributed by atoms with E-state index in [0.717, 1.165) is 16.6 Å². The van der Waals surface area contributed by atoms with E-state index in [1.54, 1.807) is 18.2 Å². The van der Waals surface area contributed by atoms with Gasteiger partial charge in [0.25, 0.3) is 5.91 Å². The summed E-state index contributed by atoms with van der Waals surface area (Å²) in [5.74, 6) is 1.19. The second kappa shape index (κ2) is 5.90. The van der Waals surface area contributed by atoms with Crippen molar-refractivity contribution < 1.29 is 14.3 Å². The second-order valence-electron chi connectivity index (χ2n) is 5.16. The van der Waals surface area contributed by atoms with E-state index in [9.17, 15) is 4.79 Å². The number of rotatable bonds is 3. The van der Waals surface area contributed by atoms with Gasteiger partial charge in [-0.2, -0.15) is 0 Å². The fourth-order valence-corrected chi connectivity index (χ4v) is 2.70. The SMILES string of the molecule is O=C(/C=C/c1cc(Cl)c2c(c1)OCO2)Nc1nc2ccccc2[nH]1. The van der Waals surface area contributed by atoms with Gasteiger partial charge >= 0.3 is 0 Å². The van der Waals surface area contributed by atoms with E-state index in [4.69, 9.17) is 21.1 Å². The van der Waals surface area contributed by atoms with Crippen LogP contribution in [-0.2, 0) is 4.79 Å². The lowest BCUT2D eigenvalue weighted by Crippen LogP contribution is -2.08. The molecule has 2 heterocycles. The van der Waals surface area contributed by atoms with Crippen LogP contribution >= 0.6 is 11.6 Å². The fraction of sp³-hybridized carbons (Fsp3) is 0.0588. The quantitative estimate of drug-likeness (QED) is 0.714. The zero-order chi connectivity index (χ0) is 16.5. The molecule has 0 saturated carbocycles. The van der Waals surface area contributed by atoms with Crippen molar-refractivity contribution in [3.05, 3.63) is 53.1 Å². The Bertz CT molecular complexity index is 932. The van der Waals surface area contributed by atoms with E-state index in [2.05, 4.69) is 15.3 Å². The van der Waals surface area contributed by atoms with E-state index in [1.165, 1.54) is 6.08 Å². The van der Waals surface area contributed by atoms with Crippen molar-refractivity contribution in [3.8, 4) is 11.5 Å². The van der Waals surface area contributed by atoms with E-state index >= 15 is 0 Å². The molecule has 0 fully saturated rings. The Hall–Kier alpha value is -2.99. The molecule has 0 saturated heterocycles. The first-order valence-corrected chi connectivity index (χ1v) is 7.60. The average Bonchev–Trinajstić information content (AvgIpc) is 3.18. The van der Waals surface area contributed by atoms with Crippen LogP contribution in [0.5, 0.6) is 11.5 Å². The Morgan fingerprint density at radius 3 is 3.04 bits per heavy atom. The molecule has 2 N–H and O–H groups in total. The van der Waals surface area contributed by atoms with Gasteiger partial charge in [0.1, 0.15) is 0 Å². The summed E-state index contributed by atoms with van der Waals surface area (Å²) in [6.45, 7) is 0.148. The molecule has 4 rings (SSSR count). The molecule has 1 amide bonds. The summed E-state index contributed by atoms with van der Waals surface area (Å²) in [7, 11) is 0. The highest BCUT2D eigenvalue weighted by atomic mass is 35.5. The smallest absolute Gasteiger partial charge is 0.250 e. The zero-order valence-electron chi connectivity index (χ0n) is 12.4. The molecule has 24 heavy (non-hydrogen) atoms. The summed E-state index contributed by atoms with van der Waals surface area (Å²) in [6, 6.07) is 11.0. The summed E-state index contributed by atoms with van der Waals surface area (Å²) < 4.78 is 10.5. The summed E-state index contributed by atoms with van der Waals surface area (Å²) in [5.41, 5.74) is 2.39. The lowest BCUT2D eigenvalue weighted by atomic mass is 10.2. The lowest BCUT2D eigenvalue weighted by Gasteiger charge is -2.01. The maximum Gasteiger partial charge on any atom is 0.250 e. The van der Waals surface area contributed by atoms with E-state index in [1.807, 2.05) is 24.3 Å². The van der Waals surface area contributed by atoms with Gasteiger partial charge in [0.2, 0.25) is 12.7 Å². The van der Waals surface area contributed by atoms with Gasteiger partial charge in [-0.1, -0.05) is 23.7 Å². The molecule has 6 nitrogen and oxygen atoms in total. The molecule has 1 aliphatic rings. The van der Waals surface area contributed by atoms with E-state index in [0.29, 0.717) is 22.5 Å². The molecule has 0 bridgehead atoms. The molecule has 120 valence electrons. The first-order valence-electron chi connectivity index (χ1n) is 7.22. The van der Waals surface area contributed by atoms with E-state index in [-0.39, 0.29) is 12.7 Å². The first kappa shape index (κ1) is 14.6. The Morgan fingerprint density at radius 1 is 1.29 bits per heavy atom. The molecule has 7 heteroatoms. The Labute approximate surface area is 142 Å². The maximum atomic E-state index is 12.0. The Balaban J connectivity index is 1.49. The first-order chi connectivity index (χ1) is 11.7. The number of halogens is 1. The molecule has 1 aromatic heterocycles. The van der Waals surface area contributed by atoms with Gasteiger partial charge in [-0.3, -0.25) is 10.1 Å². The van der Waals surface area contributed by atoms with Gasteiger partial charge in [-0.05, 0) is 35.9 Å². The number of nitrogens with zero attached hydrogens (tertiary/aromatic N) is 1. The van der Waals surface area contributed by atoms with Crippen molar-refractivity contribution in [1.82, 2.24) is 9.97 Å². The van der Waals surface area contributed by atoms with E-state index < -0.39 is 0 Å². The van der Waals surface area contributed by atoms with Crippen LogP contribution in [0, 0.1) is 0 Å². The van der Waals surface area contributed by atoms with Crippen LogP contribution in [0.15, 0.2) is 42.5 Å². The molecule has 2 aromatic carbocycles. The number of H-pyrrole nitrogens is 1. The number of anilines is 1.